The molecular weight excluding hydrogens is 370 g/mol. The molecular formula is C18H26ClN5OS. The Hall–Kier alpha value is -1.44. The Kier molecular flexibility index (Phi) is 6.67. The summed E-state index contributed by atoms with van der Waals surface area (Å²) in [6.45, 7) is 9.58. The molecule has 1 aromatic heterocycles. The topological polar surface area (TPSA) is 66.1 Å². The summed E-state index contributed by atoms with van der Waals surface area (Å²) in [6, 6.07) is 6.06. The Bertz CT molecular complexity index is 717. The first-order chi connectivity index (χ1) is 12.5. The molecule has 6 nitrogen and oxygen atoms in total. The van der Waals surface area contributed by atoms with Crippen LogP contribution in [0.2, 0.25) is 5.02 Å². The summed E-state index contributed by atoms with van der Waals surface area (Å²) < 4.78 is 5.38. The Balaban J connectivity index is 1.65. The first-order valence-electron chi connectivity index (χ1n) is 8.97. The second-order valence-electron chi connectivity index (χ2n) is 6.84. The van der Waals surface area contributed by atoms with Crippen molar-refractivity contribution in [2.75, 3.05) is 42.3 Å². The number of benzene rings is 1. The average Bonchev–Trinajstić information content (AvgIpc) is 3.13. The van der Waals surface area contributed by atoms with Gasteiger partial charge in [-0.05, 0) is 31.0 Å². The van der Waals surface area contributed by atoms with Crippen molar-refractivity contribution in [1.29, 1.82) is 0 Å². The number of aromatic amines is 1. The molecule has 2 heterocycles. The van der Waals surface area contributed by atoms with Gasteiger partial charge in [-0.15, -0.1) is 16.9 Å². The van der Waals surface area contributed by atoms with Crippen LogP contribution in [0.1, 0.15) is 32.6 Å². The second kappa shape index (κ2) is 8.97. The fourth-order valence-corrected chi connectivity index (χ4v) is 3.85. The van der Waals surface area contributed by atoms with E-state index in [4.69, 9.17) is 16.3 Å². The van der Waals surface area contributed by atoms with Gasteiger partial charge in [-0.1, -0.05) is 25.4 Å². The summed E-state index contributed by atoms with van der Waals surface area (Å²) in [5.74, 6) is 3.22. The third kappa shape index (κ3) is 5.05. The number of nitrogens with zero attached hydrogens (tertiary/aromatic N) is 3. The van der Waals surface area contributed by atoms with Crippen LogP contribution in [0.3, 0.4) is 0 Å². The highest BCUT2D eigenvalue weighted by molar-refractivity contribution is 7.99. The van der Waals surface area contributed by atoms with Crippen molar-refractivity contribution in [2.45, 2.75) is 31.7 Å². The molecule has 0 aliphatic carbocycles. The number of thioether (sulfide) groups is 1. The van der Waals surface area contributed by atoms with E-state index in [0.29, 0.717) is 5.92 Å². The van der Waals surface area contributed by atoms with E-state index in [0.717, 1.165) is 59.4 Å². The number of hydrogen-bond acceptors (Lipinski definition) is 6. The highest BCUT2D eigenvalue weighted by atomic mass is 35.5. The standard InChI is InChI=1S/C18H26ClN5OS/c1-12(2)11-26-16-10-14(4-5-15(16)19)20-13(3)17-21-18(23-22-17)24-6-8-25-9-7-24/h4-5,10,12-13,20H,6-9,11H2,1-3H3,(H,21,22,23). The highest BCUT2D eigenvalue weighted by Crippen LogP contribution is 2.32. The Morgan fingerprint density at radius 3 is 2.81 bits per heavy atom. The maximum Gasteiger partial charge on any atom is 0.244 e. The van der Waals surface area contributed by atoms with Gasteiger partial charge in [-0.25, -0.2) is 0 Å². The number of aromatic nitrogens is 3. The molecule has 1 aliphatic rings. The zero-order valence-electron chi connectivity index (χ0n) is 15.5. The Morgan fingerprint density at radius 2 is 2.08 bits per heavy atom. The van der Waals surface area contributed by atoms with Gasteiger partial charge in [0.25, 0.3) is 0 Å². The van der Waals surface area contributed by atoms with Crippen LogP contribution in [-0.2, 0) is 4.74 Å². The normalized spacial score (nSPS) is 16.1. The maximum atomic E-state index is 6.33. The highest BCUT2D eigenvalue weighted by Gasteiger charge is 2.18. The van der Waals surface area contributed by atoms with Crippen molar-refractivity contribution >= 4 is 35.0 Å². The van der Waals surface area contributed by atoms with Gasteiger partial charge in [-0.3, -0.25) is 5.10 Å². The predicted molar refractivity (Wildman–Crippen MR) is 108 cm³/mol. The molecule has 0 amide bonds. The van der Waals surface area contributed by atoms with E-state index in [1.54, 1.807) is 11.8 Å². The Labute approximate surface area is 164 Å². The quantitative estimate of drug-likeness (QED) is 0.684. The van der Waals surface area contributed by atoms with E-state index in [-0.39, 0.29) is 6.04 Å². The zero-order valence-corrected chi connectivity index (χ0v) is 17.0. The molecule has 1 fully saturated rings. The third-order valence-corrected chi connectivity index (χ3v) is 6.01. The Morgan fingerprint density at radius 1 is 1.31 bits per heavy atom. The largest absolute Gasteiger partial charge is 0.378 e. The molecule has 142 valence electrons. The minimum absolute atomic E-state index is 0.0152. The summed E-state index contributed by atoms with van der Waals surface area (Å²) >= 11 is 8.12. The number of hydrogen-bond donors (Lipinski definition) is 2. The predicted octanol–water partition coefficient (Wildman–Crippen LogP) is 4.22. The lowest BCUT2D eigenvalue weighted by molar-refractivity contribution is 0.122. The van der Waals surface area contributed by atoms with Crippen LogP contribution in [0.25, 0.3) is 0 Å². The van der Waals surface area contributed by atoms with Crippen molar-refractivity contribution in [3.8, 4) is 0 Å². The monoisotopic (exact) mass is 395 g/mol. The molecule has 26 heavy (non-hydrogen) atoms. The third-order valence-electron chi connectivity index (χ3n) is 4.08. The van der Waals surface area contributed by atoms with Gasteiger partial charge in [0.05, 0.1) is 24.3 Å². The summed E-state index contributed by atoms with van der Waals surface area (Å²) in [5.41, 5.74) is 1.03. The van der Waals surface area contributed by atoms with Crippen LogP contribution in [0.5, 0.6) is 0 Å². The van der Waals surface area contributed by atoms with Crippen LogP contribution < -0.4 is 10.2 Å². The lowest BCUT2D eigenvalue weighted by Crippen LogP contribution is -2.36. The van der Waals surface area contributed by atoms with Gasteiger partial charge in [0.15, 0.2) is 0 Å². The van der Waals surface area contributed by atoms with Crippen molar-refractivity contribution in [1.82, 2.24) is 15.2 Å². The van der Waals surface area contributed by atoms with Crippen LogP contribution in [-0.4, -0.2) is 47.2 Å². The summed E-state index contributed by atoms with van der Waals surface area (Å²) in [5, 5.41) is 11.7. The molecule has 1 unspecified atom stereocenters. The number of morpholine rings is 1. The molecule has 3 rings (SSSR count). The van der Waals surface area contributed by atoms with E-state index in [1.807, 2.05) is 12.1 Å². The van der Waals surface area contributed by atoms with Crippen LogP contribution in [0, 0.1) is 5.92 Å². The molecule has 1 atom stereocenters. The minimum Gasteiger partial charge on any atom is -0.378 e. The maximum absolute atomic E-state index is 6.33. The molecule has 0 spiro atoms. The minimum atomic E-state index is 0.0152. The van der Waals surface area contributed by atoms with Crippen molar-refractivity contribution < 1.29 is 4.74 Å². The molecule has 2 N–H and O–H groups in total. The molecule has 1 aromatic carbocycles. The van der Waals surface area contributed by atoms with Gasteiger partial charge >= 0.3 is 0 Å². The molecule has 0 saturated carbocycles. The van der Waals surface area contributed by atoms with E-state index in [2.05, 4.69) is 52.2 Å². The number of rotatable bonds is 7. The molecule has 0 radical (unpaired) electrons. The second-order valence-corrected chi connectivity index (χ2v) is 8.31. The fraction of sp³-hybridized carbons (Fsp3) is 0.556. The van der Waals surface area contributed by atoms with Crippen LogP contribution in [0.15, 0.2) is 23.1 Å². The van der Waals surface area contributed by atoms with Gasteiger partial charge in [0.1, 0.15) is 5.82 Å². The van der Waals surface area contributed by atoms with E-state index < -0.39 is 0 Å². The van der Waals surface area contributed by atoms with Crippen molar-refractivity contribution in [3.05, 3.63) is 29.0 Å². The van der Waals surface area contributed by atoms with Crippen LogP contribution >= 0.6 is 23.4 Å². The first-order valence-corrected chi connectivity index (χ1v) is 10.3. The summed E-state index contributed by atoms with van der Waals surface area (Å²) in [6.07, 6.45) is 0. The summed E-state index contributed by atoms with van der Waals surface area (Å²) in [4.78, 5) is 7.88. The molecule has 2 aromatic rings. The SMILES string of the molecule is CC(C)CSc1cc(NC(C)c2nc(N3CCOCC3)n[nH]2)ccc1Cl. The lowest BCUT2D eigenvalue weighted by Gasteiger charge is -2.25. The smallest absolute Gasteiger partial charge is 0.244 e. The van der Waals surface area contributed by atoms with Crippen LogP contribution in [0.4, 0.5) is 11.6 Å². The van der Waals surface area contributed by atoms with E-state index >= 15 is 0 Å². The van der Waals surface area contributed by atoms with Gasteiger partial charge < -0.3 is 15.0 Å². The zero-order chi connectivity index (χ0) is 18.5. The number of halogens is 1. The van der Waals surface area contributed by atoms with Gasteiger partial charge in [0.2, 0.25) is 5.95 Å². The molecule has 0 bridgehead atoms. The number of anilines is 2. The van der Waals surface area contributed by atoms with Crippen molar-refractivity contribution in [3.63, 3.8) is 0 Å². The first kappa shape index (κ1) is 19.3. The summed E-state index contributed by atoms with van der Waals surface area (Å²) in [7, 11) is 0. The van der Waals surface area contributed by atoms with E-state index in [1.165, 1.54) is 0 Å². The molecule has 8 heteroatoms. The number of nitrogens with one attached hydrogen (secondary N) is 2. The van der Waals surface area contributed by atoms with Gasteiger partial charge in [0, 0.05) is 29.4 Å². The van der Waals surface area contributed by atoms with Crippen molar-refractivity contribution in [2.24, 2.45) is 5.92 Å². The fourth-order valence-electron chi connectivity index (χ4n) is 2.64. The van der Waals surface area contributed by atoms with E-state index in [9.17, 15) is 0 Å². The average molecular weight is 396 g/mol. The lowest BCUT2D eigenvalue weighted by atomic mass is 10.2. The van der Waals surface area contributed by atoms with Gasteiger partial charge in [-0.2, -0.15) is 4.98 Å². The number of H-pyrrole nitrogens is 1. The molecule has 1 saturated heterocycles. The number of ether oxygens (including phenoxy) is 1. The molecule has 1 aliphatic heterocycles.